The average molecular weight is 873 g/mol. The number of rotatable bonds is 7. The van der Waals surface area contributed by atoms with E-state index in [4.69, 9.17) is 0 Å². The minimum absolute atomic E-state index is 0.0128. The van der Waals surface area contributed by atoms with Crippen LogP contribution in [0.3, 0.4) is 0 Å². The van der Waals surface area contributed by atoms with E-state index in [0.717, 1.165) is 72.6 Å². The van der Waals surface area contributed by atoms with E-state index in [1.807, 2.05) is 30.0 Å². The van der Waals surface area contributed by atoms with Crippen LogP contribution in [0.15, 0.2) is 237 Å². The van der Waals surface area contributed by atoms with Gasteiger partial charge in [-0.1, -0.05) is 188 Å². The minimum atomic E-state index is -0.913. The molecule has 322 valence electrons. The van der Waals surface area contributed by atoms with E-state index in [0.29, 0.717) is 11.3 Å². The fourth-order valence-electron chi connectivity index (χ4n) is 11.5. The van der Waals surface area contributed by atoms with Crippen LogP contribution in [0.1, 0.15) is 27.8 Å². The van der Waals surface area contributed by atoms with Crippen molar-refractivity contribution in [2.24, 2.45) is 0 Å². The van der Waals surface area contributed by atoms with Gasteiger partial charge >= 0.3 is 0 Å². The van der Waals surface area contributed by atoms with Crippen LogP contribution in [-0.2, 0) is 5.41 Å². The molecule has 12 aromatic rings. The Morgan fingerprint density at radius 1 is 0.426 bits per heavy atom. The first-order valence-electron chi connectivity index (χ1n) is 23.2. The Labute approximate surface area is 394 Å². The van der Waals surface area contributed by atoms with Crippen molar-refractivity contribution in [1.82, 2.24) is 4.57 Å². The van der Waals surface area contributed by atoms with Gasteiger partial charge < -0.3 is 19.7 Å². The summed E-state index contributed by atoms with van der Waals surface area (Å²) in [7, 11) is 0. The first kappa shape index (κ1) is 39.5. The van der Waals surface area contributed by atoms with Crippen molar-refractivity contribution in [2.75, 3.05) is 4.90 Å². The molecule has 1 aliphatic rings. The maximum Gasteiger partial charge on any atom is 0.148 e. The van der Waals surface area contributed by atoms with Crippen LogP contribution in [0, 0.1) is 6.92 Å². The Hall–Kier alpha value is -8.86. The molecule has 0 saturated carbocycles. The van der Waals surface area contributed by atoms with Crippen molar-refractivity contribution in [3.8, 4) is 39.4 Å². The molecule has 4 heteroatoms. The van der Waals surface area contributed by atoms with Crippen molar-refractivity contribution < 1.29 is 10.2 Å². The summed E-state index contributed by atoms with van der Waals surface area (Å²) in [5.41, 5.74) is 12.7. The molecule has 13 rings (SSSR count). The van der Waals surface area contributed by atoms with Gasteiger partial charge in [0.15, 0.2) is 0 Å². The van der Waals surface area contributed by atoms with Crippen LogP contribution in [-0.4, -0.2) is 14.8 Å². The van der Waals surface area contributed by atoms with Gasteiger partial charge in [-0.15, -0.1) is 0 Å². The zero-order chi connectivity index (χ0) is 45.5. The lowest BCUT2D eigenvalue weighted by Crippen LogP contribution is -2.29. The number of nitrogens with zero attached hydrogens (tertiary/aromatic N) is 2. The summed E-state index contributed by atoms with van der Waals surface area (Å²) >= 11 is 0. The van der Waals surface area contributed by atoms with Crippen LogP contribution in [0.4, 0.5) is 17.1 Å². The van der Waals surface area contributed by atoms with Gasteiger partial charge in [0.05, 0.1) is 16.4 Å². The Morgan fingerprint density at radius 2 is 0.985 bits per heavy atom. The lowest BCUT2D eigenvalue weighted by Gasteiger charge is -2.36. The Balaban J connectivity index is 1.09. The van der Waals surface area contributed by atoms with E-state index >= 15 is 0 Å². The van der Waals surface area contributed by atoms with Crippen molar-refractivity contribution in [3.63, 3.8) is 0 Å². The van der Waals surface area contributed by atoms with E-state index in [-0.39, 0.29) is 11.5 Å². The fourth-order valence-corrected chi connectivity index (χ4v) is 11.5. The molecule has 0 radical (unpaired) electrons. The number of aromatic nitrogens is 1. The molecular formula is C64H44N2O2. The molecule has 1 aliphatic carbocycles. The number of aromatic hydroxyl groups is 2. The van der Waals surface area contributed by atoms with E-state index in [2.05, 4.69) is 223 Å². The van der Waals surface area contributed by atoms with Crippen molar-refractivity contribution in [2.45, 2.75) is 12.3 Å². The highest BCUT2D eigenvalue weighted by Crippen LogP contribution is 2.64. The van der Waals surface area contributed by atoms with Crippen LogP contribution in [0.25, 0.3) is 71.3 Å². The van der Waals surface area contributed by atoms with Gasteiger partial charge in [0.2, 0.25) is 0 Å². The topological polar surface area (TPSA) is 48.6 Å². The summed E-state index contributed by atoms with van der Waals surface area (Å²) in [6, 6.07) is 82.9. The number of fused-ring (bicyclic) bond motifs is 9. The highest BCUT2D eigenvalue weighted by molar-refractivity contribution is 6.14. The second-order valence-electron chi connectivity index (χ2n) is 17.9. The number of para-hydroxylation sites is 2. The Bertz CT molecular complexity index is 3850. The maximum absolute atomic E-state index is 13.6. The molecule has 11 aromatic carbocycles. The molecule has 68 heavy (non-hydrogen) atoms. The van der Waals surface area contributed by atoms with Gasteiger partial charge in [-0.05, 0) is 116 Å². The fraction of sp³-hybridized carbons (Fsp3) is 0.0312. The molecule has 0 fully saturated rings. The number of benzene rings is 11. The first-order chi connectivity index (χ1) is 33.5. The summed E-state index contributed by atoms with van der Waals surface area (Å²) < 4.78 is 2.31. The van der Waals surface area contributed by atoms with Gasteiger partial charge in [-0.3, -0.25) is 0 Å². The molecule has 4 nitrogen and oxygen atoms in total. The SMILES string of the molecule is Cc1c(O)c(N(c2ccc(-c3cc4ccccc4c4ccccc34)cc2)c2cccc(-n3c4ccccc4c4ccccc43)c2)c(O)c2c1-c1ccccc1C2(c1ccccc1)c1ccccc1. The normalized spacial score (nSPS) is 12.7. The summed E-state index contributed by atoms with van der Waals surface area (Å²) in [5, 5.41) is 33.7. The molecule has 0 unspecified atom stereocenters. The number of phenolic OH excluding ortho intramolecular Hbond substituents is 2. The lowest BCUT2D eigenvalue weighted by molar-refractivity contribution is 0.443. The average Bonchev–Trinajstić information content (AvgIpc) is 3.91. The zero-order valence-corrected chi connectivity index (χ0v) is 37.3. The van der Waals surface area contributed by atoms with E-state index < -0.39 is 5.41 Å². The molecule has 0 atom stereocenters. The predicted molar refractivity (Wildman–Crippen MR) is 281 cm³/mol. The first-order valence-corrected chi connectivity index (χ1v) is 23.2. The second-order valence-corrected chi connectivity index (χ2v) is 17.9. The van der Waals surface area contributed by atoms with Crippen molar-refractivity contribution in [1.29, 1.82) is 0 Å². The highest BCUT2D eigenvalue weighted by Gasteiger charge is 2.50. The van der Waals surface area contributed by atoms with Gasteiger partial charge in [0.1, 0.15) is 17.2 Å². The number of hydrogen-bond acceptors (Lipinski definition) is 3. The Morgan fingerprint density at radius 3 is 1.66 bits per heavy atom. The summed E-state index contributed by atoms with van der Waals surface area (Å²) in [6.07, 6.45) is 0. The minimum Gasteiger partial charge on any atom is -0.505 e. The second kappa shape index (κ2) is 15.4. The quantitative estimate of drug-likeness (QED) is 0.157. The van der Waals surface area contributed by atoms with Crippen LogP contribution in [0.5, 0.6) is 11.5 Å². The summed E-state index contributed by atoms with van der Waals surface area (Å²) in [6.45, 7) is 1.99. The van der Waals surface area contributed by atoms with E-state index in [1.165, 1.54) is 32.3 Å². The summed E-state index contributed by atoms with van der Waals surface area (Å²) in [5.74, 6) is 0.0266. The van der Waals surface area contributed by atoms with Gasteiger partial charge in [0.25, 0.3) is 0 Å². The predicted octanol–water partition coefficient (Wildman–Crippen LogP) is 16.3. The van der Waals surface area contributed by atoms with Crippen molar-refractivity contribution in [3.05, 3.63) is 264 Å². The molecule has 0 saturated heterocycles. The molecule has 1 heterocycles. The van der Waals surface area contributed by atoms with Crippen LogP contribution < -0.4 is 4.90 Å². The lowest BCUT2D eigenvalue weighted by atomic mass is 9.67. The summed E-state index contributed by atoms with van der Waals surface area (Å²) in [4.78, 5) is 2.04. The number of hydrogen-bond donors (Lipinski definition) is 2. The maximum atomic E-state index is 13.6. The molecule has 1 aromatic heterocycles. The smallest absolute Gasteiger partial charge is 0.148 e. The number of phenols is 2. The van der Waals surface area contributed by atoms with Gasteiger partial charge in [0, 0.05) is 39.0 Å². The van der Waals surface area contributed by atoms with Gasteiger partial charge in [-0.25, -0.2) is 0 Å². The third-order valence-electron chi connectivity index (χ3n) is 14.4. The molecule has 2 N–H and O–H groups in total. The molecule has 0 bridgehead atoms. The molecule has 0 amide bonds. The van der Waals surface area contributed by atoms with Crippen LogP contribution >= 0.6 is 0 Å². The molecular weight excluding hydrogens is 829 g/mol. The third kappa shape index (κ3) is 5.67. The zero-order valence-electron chi connectivity index (χ0n) is 37.3. The third-order valence-corrected chi connectivity index (χ3v) is 14.4. The van der Waals surface area contributed by atoms with Crippen LogP contribution in [0.2, 0.25) is 0 Å². The van der Waals surface area contributed by atoms with Gasteiger partial charge in [-0.2, -0.15) is 0 Å². The van der Waals surface area contributed by atoms with E-state index in [9.17, 15) is 10.2 Å². The number of anilines is 3. The van der Waals surface area contributed by atoms with Crippen molar-refractivity contribution >= 4 is 60.4 Å². The Kier molecular flexibility index (Phi) is 8.93. The monoisotopic (exact) mass is 872 g/mol. The van der Waals surface area contributed by atoms with E-state index in [1.54, 1.807) is 0 Å². The largest absolute Gasteiger partial charge is 0.505 e. The molecule has 0 aliphatic heterocycles. The highest BCUT2D eigenvalue weighted by atomic mass is 16.3. The molecule has 0 spiro atoms. The standard InChI is InChI=1S/C64H44N2O2/c1-41-59-54-31-12-15-32-56(54)64(44-20-4-2-5-21-44,45-22-6-3-7-23-45)60(59)63(68)61(62(41)67)65(47-24-18-25-48(40-47)66-57-33-16-13-29-52(57)53-30-14-17-34-58(53)66)46-37-35-42(36-38-46)55-39-43-19-8-9-26-49(43)50-27-10-11-28-51(50)55/h2-40,67-68H,1H3.